The van der Waals surface area contributed by atoms with Gasteiger partial charge in [0.2, 0.25) is 5.91 Å². The van der Waals surface area contributed by atoms with Gasteiger partial charge in [0.1, 0.15) is 6.04 Å². The Morgan fingerprint density at radius 1 is 1.33 bits per heavy atom. The van der Waals surface area contributed by atoms with Crippen LogP contribution in [0, 0.1) is 0 Å². The normalized spacial score (nSPS) is 18.2. The van der Waals surface area contributed by atoms with Gasteiger partial charge in [-0.25, -0.2) is 0 Å². The summed E-state index contributed by atoms with van der Waals surface area (Å²) < 4.78 is 5.37. The highest BCUT2D eigenvalue weighted by Gasteiger charge is 2.30. The number of likely N-dealkylation sites (N-methyl/N-ethyl adjacent to an activating group) is 1. The summed E-state index contributed by atoms with van der Waals surface area (Å²) in [7, 11) is 3.15. The van der Waals surface area contributed by atoms with Crippen molar-refractivity contribution in [2.45, 2.75) is 6.04 Å². The molecule has 0 aromatic heterocycles. The Balaban J connectivity index is 2.37. The van der Waals surface area contributed by atoms with Gasteiger partial charge in [-0.2, -0.15) is 0 Å². The molecule has 1 atom stereocenters. The number of carbonyl (C=O) groups is 2. The number of hydrogen-bond donors (Lipinski definition) is 3. The molecule has 1 heterocycles. The van der Waals surface area contributed by atoms with Crippen LogP contribution in [0.4, 0.5) is 11.4 Å². The van der Waals surface area contributed by atoms with Crippen LogP contribution in [0.1, 0.15) is 10.4 Å². The van der Waals surface area contributed by atoms with Gasteiger partial charge in [0.15, 0.2) is 0 Å². The number of rotatable bonds is 3. The predicted molar refractivity (Wildman–Crippen MR) is 80.3 cm³/mol. The second kappa shape index (κ2) is 6.45. The summed E-state index contributed by atoms with van der Waals surface area (Å²) in [5.41, 5.74) is 7.72. The number of nitrogens with two attached hydrogens (primary N) is 1. The first kappa shape index (κ1) is 15.1. The summed E-state index contributed by atoms with van der Waals surface area (Å²) >= 11 is 0. The van der Waals surface area contributed by atoms with Crippen LogP contribution in [-0.2, 0) is 9.53 Å². The van der Waals surface area contributed by atoms with Crippen LogP contribution in [0.3, 0.4) is 0 Å². The highest BCUT2D eigenvalue weighted by Crippen LogP contribution is 2.28. The molecule has 1 aliphatic rings. The standard InChI is InChI=1S/C14H20N4O3/c1-16-13(19)9-3-4-10(15)11(7-9)18-5-6-21-8-12(18)14(20)17-2/h3-4,7,12H,5-6,8,15H2,1-2H3,(H,16,19)(H,17,20). The Bertz CT molecular complexity index is 547. The molecule has 1 aromatic carbocycles. The third-order valence-corrected chi connectivity index (χ3v) is 3.51. The van der Waals surface area contributed by atoms with Crippen LogP contribution < -0.4 is 21.3 Å². The number of benzene rings is 1. The van der Waals surface area contributed by atoms with Crippen molar-refractivity contribution >= 4 is 23.2 Å². The lowest BCUT2D eigenvalue weighted by molar-refractivity contribution is -0.124. The Morgan fingerprint density at radius 2 is 2.10 bits per heavy atom. The van der Waals surface area contributed by atoms with Gasteiger partial charge in [-0.05, 0) is 18.2 Å². The first-order valence-electron chi connectivity index (χ1n) is 6.76. The highest BCUT2D eigenvalue weighted by atomic mass is 16.5. The minimum atomic E-state index is -0.453. The van der Waals surface area contributed by atoms with Crippen LogP contribution >= 0.6 is 0 Å². The molecule has 0 radical (unpaired) electrons. The van der Waals surface area contributed by atoms with Crippen molar-refractivity contribution < 1.29 is 14.3 Å². The summed E-state index contributed by atoms with van der Waals surface area (Å²) in [5.74, 6) is -0.333. The number of nitrogens with one attached hydrogen (secondary N) is 2. The molecule has 2 rings (SSSR count). The number of nitrogens with zero attached hydrogens (tertiary/aromatic N) is 1. The first-order valence-corrected chi connectivity index (χ1v) is 6.76. The predicted octanol–water partition coefficient (Wildman–Crippen LogP) is -0.420. The van der Waals surface area contributed by atoms with E-state index in [9.17, 15) is 9.59 Å². The van der Waals surface area contributed by atoms with Gasteiger partial charge in [-0.3, -0.25) is 9.59 Å². The van der Waals surface area contributed by atoms with Crippen molar-refractivity contribution in [3.05, 3.63) is 23.8 Å². The van der Waals surface area contributed by atoms with Crippen LogP contribution in [-0.4, -0.2) is 51.7 Å². The van der Waals surface area contributed by atoms with E-state index in [0.29, 0.717) is 36.7 Å². The van der Waals surface area contributed by atoms with E-state index in [2.05, 4.69) is 10.6 Å². The molecule has 114 valence electrons. The van der Waals surface area contributed by atoms with Crippen molar-refractivity contribution in [3.8, 4) is 0 Å². The van der Waals surface area contributed by atoms with E-state index >= 15 is 0 Å². The molecule has 1 aliphatic heterocycles. The summed E-state index contributed by atoms with van der Waals surface area (Å²) in [6.07, 6.45) is 0. The average molecular weight is 292 g/mol. The van der Waals surface area contributed by atoms with Gasteiger partial charge < -0.3 is 26.0 Å². The molecule has 21 heavy (non-hydrogen) atoms. The van der Waals surface area contributed by atoms with E-state index in [1.54, 1.807) is 32.3 Å². The zero-order valence-corrected chi connectivity index (χ0v) is 12.2. The smallest absolute Gasteiger partial charge is 0.251 e. The molecular formula is C14H20N4O3. The van der Waals surface area contributed by atoms with Crippen molar-refractivity contribution in [3.63, 3.8) is 0 Å². The molecule has 1 fully saturated rings. The lowest BCUT2D eigenvalue weighted by Crippen LogP contribution is -2.53. The maximum atomic E-state index is 12.0. The van der Waals surface area contributed by atoms with Crippen LogP contribution in [0.15, 0.2) is 18.2 Å². The molecule has 2 amide bonds. The third kappa shape index (κ3) is 3.08. The maximum absolute atomic E-state index is 12.0. The minimum Gasteiger partial charge on any atom is -0.397 e. The van der Waals surface area contributed by atoms with Gasteiger partial charge in [-0.15, -0.1) is 0 Å². The molecule has 0 aliphatic carbocycles. The SMILES string of the molecule is CNC(=O)c1ccc(N)c(N2CCOCC2C(=O)NC)c1. The van der Waals surface area contributed by atoms with Crippen molar-refractivity contribution in [2.24, 2.45) is 0 Å². The molecule has 1 aromatic rings. The number of amides is 2. The summed E-state index contributed by atoms with van der Waals surface area (Å²) in [6.45, 7) is 1.35. The van der Waals surface area contributed by atoms with E-state index < -0.39 is 6.04 Å². The largest absolute Gasteiger partial charge is 0.397 e. The Labute approximate surface area is 123 Å². The van der Waals surface area contributed by atoms with Crippen LogP contribution in [0.5, 0.6) is 0 Å². The van der Waals surface area contributed by atoms with Crippen LogP contribution in [0.2, 0.25) is 0 Å². The quantitative estimate of drug-likeness (QED) is 0.658. The number of hydrogen-bond acceptors (Lipinski definition) is 5. The van der Waals surface area contributed by atoms with Crippen LogP contribution in [0.25, 0.3) is 0 Å². The number of ether oxygens (including phenoxy) is 1. The third-order valence-electron chi connectivity index (χ3n) is 3.51. The number of anilines is 2. The molecule has 0 saturated carbocycles. The van der Waals surface area contributed by atoms with E-state index in [4.69, 9.17) is 10.5 Å². The average Bonchev–Trinajstić information content (AvgIpc) is 2.53. The zero-order valence-electron chi connectivity index (χ0n) is 12.2. The minimum absolute atomic E-state index is 0.139. The van der Waals surface area contributed by atoms with E-state index in [-0.39, 0.29) is 11.8 Å². The van der Waals surface area contributed by atoms with Gasteiger partial charge in [-0.1, -0.05) is 0 Å². The van der Waals surface area contributed by atoms with Crippen molar-refractivity contribution in [1.29, 1.82) is 0 Å². The lowest BCUT2D eigenvalue weighted by Gasteiger charge is -2.36. The number of morpholine rings is 1. The molecule has 1 saturated heterocycles. The molecule has 0 spiro atoms. The summed E-state index contributed by atoms with van der Waals surface area (Å²) in [4.78, 5) is 25.6. The topological polar surface area (TPSA) is 96.7 Å². The van der Waals surface area contributed by atoms with Gasteiger partial charge in [0.05, 0.1) is 24.6 Å². The fourth-order valence-electron chi connectivity index (χ4n) is 2.35. The van der Waals surface area contributed by atoms with Gasteiger partial charge in [0.25, 0.3) is 5.91 Å². The maximum Gasteiger partial charge on any atom is 0.251 e. The van der Waals surface area contributed by atoms with E-state index in [1.807, 2.05) is 4.90 Å². The van der Waals surface area contributed by atoms with E-state index in [1.165, 1.54) is 0 Å². The zero-order chi connectivity index (χ0) is 15.4. The van der Waals surface area contributed by atoms with Gasteiger partial charge in [0, 0.05) is 26.2 Å². The summed E-state index contributed by atoms with van der Waals surface area (Å²) in [5, 5.41) is 5.20. The first-order chi connectivity index (χ1) is 10.1. The Hall–Kier alpha value is -2.28. The second-order valence-electron chi connectivity index (χ2n) is 4.75. The second-order valence-corrected chi connectivity index (χ2v) is 4.75. The molecule has 7 nitrogen and oxygen atoms in total. The molecule has 7 heteroatoms. The molecule has 4 N–H and O–H groups in total. The number of nitrogen functional groups attached to an aromatic ring is 1. The Kier molecular flexibility index (Phi) is 4.64. The molecule has 1 unspecified atom stereocenters. The molecular weight excluding hydrogens is 272 g/mol. The fraction of sp³-hybridized carbons (Fsp3) is 0.429. The summed E-state index contributed by atoms with van der Waals surface area (Å²) in [6, 6.07) is 4.59. The van der Waals surface area contributed by atoms with Crippen molar-refractivity contribution in [1.82, 2.24) is 10.6 Å². The Morgan fingerprint density at radius 3 is 2.76 bits per heavy atom. The van der Waals surface area contributed by atoms with E-state index in [0.717, 1.165) is 0 Å². The fourth-order valence-corrected chi connectivity index (χ4v) is 2.35. The monoisotopic (exact) mass is 292 g/mol. The number of carbonyl (C=O) groups excluding carboxylic acids is 2. The molecule has 0 bridgehead atoms. The lowest BCUT2D eigenvalue weighted by atomic mass is 10.1. The highest BCUT2D eigenvalue weighted by molar-refractivity contribution is 5.96. The van der Waals surface area contributed by atoms with Crippen molar-refractivity contribution in [2.75, 3.05) is 44.5 Å². The van der Waals surface area contributed by atoms with Gasteiger partial charge >= 0.3 is 0 Å².